The smallest absolute Gasteiger partial charge is 0.264 e. The fourth-order valence-corrected chi connectivity index (χ4v) is 5.63. The number of carbonyl (C=O) groups excluding carboxylic acids is 1. The molecule has 4 heteroatoms. The van der Waals surface area contributed by atoms with Gasteiger partial charge in [-0.2, -0.15) is 0 Å². The molecule has 108 valence electrons. The number of piperidine rings is 1. The van der Waals surface area contributed by atoms with Gasteiger partial charge < -0.3 is 4.90 Å². The van der Waals surface area contributed by atoms with Crippen LogP contribution in [-0.2, 0) is 0 Å². The minimum atomic E-state index is 0.222. The molecule has 1 amide bonds. The van der Waals surface area contributed by atoms with E-state index in [9.17, 15) is 4.79 Å². The van der Waals surface area contributed by atoms with Crippen LogP contribution in [0, 0.1) is 0 Å². The standard InChI is InChI=1S/C17H17NOS2/c1-11-6-4-5-9-18(11)17(19)15-10-14-16(21-15)12-7-2-3-8-13(12)20-14/h2-3,7-8,10-11H,4-6,9H2,1H3. The van der Waals surface area contributed by atoms with Crippen molar-refractivity contribution in [1.29, 1.82) is 0 Å². The van der Waals surface area contributed by atoms with E-state index in [1.807, 2.05) is 0 Å². The summed E-state index contributed by atoms with van der Waals surface area (Å²) < 4.78 is 3.82. The number of rotatable bonds is 1. The molecule has 4 rings (SSSR count). The number of hydrogen-bond acceptors (Lipinski definition) is 3. The molecule has 2 nitrogen and oxygen atoms in total. The SMILES string of the molecule is CC1CCCCN1C(=O)c1cc2sc3ccccc3c2s1. The number of benzene rings is 1. The van der Waals surface area contributed by atoms with Crippen LogP contribution in [0.1, 0.15) is 35.9 Å². The summed E-state index contributed by atoms with van der Waals surface area (Å²) in [6, 6.07) is 10.9. The van der Waals surface area contributed by atoms with Gasteiger partial charge in [0.05, 0.1) is 9.58 Å². The van der Waals surface area contributed by atoms with Crippen LogP contribution in [0.2, 0.25) is 0 Å². The normalized spacial score (nSPS) is 19.5. The van der Waals surface area contributed by atoms with Gasteiger partial charge in [-0.3, -0.25) is 4.79 Å². The summed E-state index contributed by atoms with van der Waals surface area (Å²) >= 11 is 3.44. The van der Waals surface area contributed by atoms with Gasteiger partial charge in [0.15, 0.2) is 0 Å². The van der Waals surface area contributed by atoms with Crippen molar-refractivity contribution in [2.24, 2.45) is 0 Å². The van der Waals surface area contributed by atoms with E-state index in [-0.39, 0.29) is 5.91 Å². The summed E-state index contributed by atoms with van der Waals surface area (Å²) in [5.74, 6) is 0.222. The van der Waals surface area contributed by atoms with Crippen molar-refractivity contribution in [2.45, 2.75) is 32.2 Å². The topological polar surface area (TPSA) is 20.3 Å². The monoisotopic (exact) mass is 315 g/mol. The molecule has 1 aliphatic rings. The minimum Gasteiger partial charge on any atom is -0.335 e. The third kappa shape index (κ3) is 2.17. The van der Waals surface area contributed by atoms with Crippen molar-refractivity contribution < 1.29 is 4.79 Å². The second-order valence-electron chi connectivity index (χ2n) is 5.75. The van der Waals surface area contributed by atoms with Crippen LogP contribution in [-0.4, -0.2) is 23.4 Å². The zero-order valence-electron chi connectivity index (χ0n) is 12.0. The predicted octanol–water partition coefficient (Wildman–Crippen LogP) is 5.13. The summed E-state index contributed by atoms with van der Waals surface area (Å²) in [6.07, 6.45) is 3.52. The fourth-order valence-electron chi connectivity index (χ4n) is 3.15. The highest BCUT2D eigenvalue weighted by atomic mass is 32.1. The van der Waals surface area contributed by atoms with Gasteiger partial charge in [0.25, 0.3) is 5.91 Å². The Kier molecular flexibility index (Phi) is 3.23. The van der Waals surface area contributed by atoms with Crippen molar-refractivity contribution in [3.63, 3.8) is 0 Å². The van der Waals surface area contributed by atoms with E-state index < -0.39 is 0 Å². The molecule has 0 bridgehead atoms. The van der Waals surface area contributed by atoms with Gasteiger partial charge in [-0.1, -0.05) is 18.2 Å². The van der Waals surface area contributed by atoms with Crippen molar-refractivity contribution in [1.82, 2.24) is 4.90 Å². The Morgan fingerprint density at radius 3 is 2.90 bits per heavy atom. The molecular weight excluding hydrogens is 298 g/mol. The van der Waals surface area contributed by atoms with E-state index in [4.69, 9.17) is 0 Å². The highest BCUT2D eigenvalue weighted by Crippen LogP contribution is 2.39. The number of likely N-dealkylation sites (tertiary alicyclic amines) is 1. The van der Waals surface area contributed by atoms with Gasteiger partial charge in [0.1, 0.15) is 0 Å². The third-order valence-electron chi connectivity index (χ3n) is 4.32. The molecule has 1 unspecified atom stereocenters. The first-order chi connectivity index (χ1) is 10.2. The highest BCUT2D eigenvalue weighted by molar-refractivity contribution is 7.33. The fraction of sp³-hybridized carbons (Fsp3) is 0.353. The van der Waals surface area contributed by atoms with E-state index >= 15 is 0 Å². The molecule has 1 fully saturated rings. The summed E-state index contributed by atoms with van der Waals surface area (Å²) in [5.41, 5.74) is 0. The molecule has 3 heterocycles. The molecular formula is C17H17NOS2. The van der Waals surface area contributed by atoms with Crippen molar-refractivity contribution >= 4 is 48.1 Å². The molecule has 0 saturated carbocycles. The zero-order valence-corrected chi connectivity index (χ0v) is 13.6. The molecule has 0 aliphatic carbocycles. The van der Waals surface area contributed by atoms with E-state index in [0.29, 0.717) is 6.04 Å². The Morgan fingerprint density at radius 2 is 2.05 bits per heavy atom. The van der Waals surface area contributed by atoms with Crippen LogP contribution in [0.25, 0.3) is 19.5 Å². The number of amides is 1. The lowest BCUT2D eigenvalue weighted by atomic mass is 10.0. The first kappa shape index (κ1) is 13.3. The molecule has 21 heavy (non-hydrogen) atoms. The van der Waals surface area contributed by atoms with Crippen molar-refractivity contribution in [3.05, 3.63) is 35.2 Å². The van der Waals surface area contributed by atoms with E-state index in [1.54, 1.807) is 22.7 Å². The van der Waals surface area contributed by atoms with Crippen LogP contribution in [0.15, 0.2) is 30.3 Å². The Balaban J connectivity index is 1.74. The third-order valence-corrected chi connectivity index (χ3v) is 6.73. The number of carbonyl (C=O) groups is 1. The van der Waals surface area contributed by atoms with Gasteiger partial charge >= 0.3 is 0 Å². The second-order valence-corrected chi connectivity index (χ2v) is 7.88. The Hall–Kier alpha value is -1.39. The molecule has 0 radical (unpaired) electrons. The molecule has 1 saturated heterocycles. The largest absolute Gasteiger partial charge is 0.335 e. The summed E-state index contributed by atoms with van der Waals surface area (Å²) in [5, 5.41) is 1.29. The van der Waals surface area contributed by atoms with Crippen LogP contribution in [0.3, 0.4) is 0 Å². The molecule has 3 aromatic rings. The molecule has 0 N–H and O–H groups in total. The van der Waals surface area contributed by atoms with Gasteiger partial charge in [-0.25, -0.2) is 0 Å². The lowest BCUT2D eigenvalue weighted by Gasteiger charge is -2.33. The van der Waals surface area contributed by atoms with Crippen LogP contribution in [0.5, 0.6) is 0 Å². The lowest BCUT2D eigenvalue weighted by molar-refractivity contribution is 0.0641. The Bertz CT molecular complexity index is 817. The molecule has 1 atom stereocenters. The maximum absolute atomic E-state index is 12.8. The Labute approximate surface area is 132 Å². The number of hydrogen-bond donors (Lipinski definition) is 0. The van der Waals surface area contributed by atoms with E-state index in [1.165, 1.54) is 25.9 Å². The van der Waals surface area contributed by atoms with E-state index in [2.05, 4.69) is 42.2 Å². The Morgan fingerprint density at radius 1 is 1.19 bits per heavy atom. The van der Waals surface area contributed by atoms with Crippen LogP contribution < -0.4 is 0 Å². The predicted molar refractivity (Wildman–Crippen MR) is 91.6 cm³/mol. The van der Waals surface area contributed by atoms with Crippen molar-refractivity contribution in [2.75, 3.05) is 6.54 Å². The first-order valence-corrected chi connectivity index (χ1v) is 9.09. The summed E-state index contributed by atoms with van der Waals surface area (Å²) in [6.45, 7) is 3.08. The van der Waals surface area contributed by atoms with Gasteiger partial charge in [0, 0.05) is 27.4 Å². The van der Waals surface area contributed by atoms with Gasteiger partial charge in [-0.15, -0.1) is 22.7 Å². The van der Waals surface area contributed by atoms with Crippen LogP contribution >= 0.6 is 22.7 Å². The molecule has 1 aliphatic heterocycles. The summed E-state index contributed by atoms with van der Waals surface area (Å²) in [7, 11) is 0. The molecule has 1 aromatic carbocycles. The van der Waals surface area contributed by atoms with E-state index in [0.717, 1.165) is 24.3 Å². The average molecular weight is 315 g/mol. The first-order valence-electron chi connectivity index (χ1n) is 7.46. The number of nitrogens with zero attached hydrogens (tertiary/aromatic N) is 1. The quantitative estimate of drug-likeness (QED) is 0.609. The number of fused-ring (bicyclic) bond motifs is 3. The number of thiophene rings is 2. The van der Waals surface area contributed by atoms with Crippen LogP contribution in [0.4, 0.5) is 0 Å². The average Bonchev–Trinajstić information content (AvgIpc) is 3.04. The minimum absolute atomic E-state index is 0.222. The highest BCUT2D eigenvalue weighted by Gasteiger charge is 2.26. The van der Waals surface area contributed by atoms with Crippen molar-refractivity contribution in [3.8, 4) is 0 Å². The second kappa shape index (κ2) is 5.11. The summed E-state index contributed by atoms with van der Waals surface area (Å²) in [4.78, 5) is 15.7. The zero-order chi connectivity index (χ0) is 14.4. The van der Waals surface area contributed by atoms with Gasteiger partial charge in [-0.05, 0) is 38.3 Å². The maximum Gasteiger partial charge on any atom is 0.264 e. The molecule has 0 spiro atoms. The molecule has 2 aromatic heterocycles. The van der Waals surface area contributed by atoms with Gasteiger partial charge in [0.2, 0.25) is 0 Å². The lowest BCUT2D eigenvalue weighted by Crippen LogP contribution is -2.41. The maximum atomic E-state index is 12.8.